The summed E-state index contributed by atoms with van der Waals surface area (Å²) >= 11 is 0. The van der Waals surface area contributed by atoms with Crippen LogP contribution < -0.4 is 0 Å². The summed E-state index contributed by atoms with van der Waals surface area (Å²) in [6.07, 6.45) is 0. The third-order valence-corrected chi connectivity index (χ3v) is 8.60. The van der Waals surface area contributed by atoms with Gasteiger partial charge in [0.05, 0.1) is 22.8 Å². The Balaban J connectivity index is 1.06. The van der Waals surface area contributed by atoms with Gasteiger partial charge in [-0.25, -0.2) is 0 Å². The lowest BCUT2D eigenvalue weighted by Gasteiger charge is -2.15. The Morgan fingerprint density at radius 2 is 0.438 bits per heavy atom. The van der Waals surface area contributed by atoms with Crippen LogP contribution in [0, 0.1) is 0 Å². The van der Waals surface area contributed by atoms with Gasteiger partial charge in [0.25, 0.3) is 0 Å². The Morgan fingerprint density at radius 1 is 0.188 bits per heavy atom. The minimum absolute atomic E-state index is 0.849. The molecule has 0 radical (unpaired) electrons. The normalized spacial score (nSPS) is 10.9. The molecule has 0 unspecified atom stereocenters. The van der Waals surface area contributed by atoms with Gasteiger partial charge in [-0.2, -0.15) is 0 Å². The lowest BCUT2D eigenvalue weighted by molar-refractivity contribution is 1.04. The summed E-state index contributed by atoms with van der Waals surface area (Å²) in [5, 5.41) is 18.0. The van der Waals surface area contributed by atoms with Crippen molar-refractivity contribution in [2.45, 2.75) is 0 Å². The van der Waals surface area contributed by atoms with Crippen molar-refractivity contribution in [3.63, 3.8) is 0 Å². The molecule has 0 N–H and O–H groups in total. The van der Waals surface area contributed by atoms with Crippen molar-refractivity contribution in [1.82, 2.24) is 20.4 Å². The maximum absolute atomic E-state index is 4.52. The highest BCUT2D eigenvalue weighted by Crippen LogP contribution is 2.39. The third-order valence-electron chi connectivity index (χ3n) is 8.60. The number of rotatable bonds is 7. The molecule has 6 aromatic carbocycles. The smallest absolute Gasteiger partial charge is 0.0930 e. The van der Waals surface area contributed by atoms with Crippen molar-refractivity contribution in [2.75, 3.05) is 0 Å². The van der Waals surface area contributed by atoms with E-state index in [1.165, 1.54) is 22.3 Å². The van der Waals surface area contributed by atoms with E-state index >= 15 is 0 Å². The lowest BCUT2D eigenvalue weighted by Crippen LogP contribution is -1.92. The summed E-state index contributed by atoms with van der Waals surface area (Å²) in [6, 6.07) is 62.7. The fourth-order valence-corrected chi connectivity index (χ4v) is 6.08. The number of hydrogen-bond donors (Lipinski definition) is 0. The predicted octanol–water partition coefficient (Wildman–Crippen LogP) is 10.9. The van der Waals surface area contributed by atoms with Crippen LogP contribution in [0.2, 0.25) is 0 Å². The van der Waals surface area contributed by atoms with Crippen molar-refractivity contribution < 1.29 is 0 Å². The number of benzene rings is 6. The van der Waals surface area contributed by atoms with Crippen LogP contribution in [-0.2, 0) is 0 Å². The summed E-state index contributed by atoms with van der Waals surface area (Å²) in [6.45, 7) is 0. The molecule has 2 aromatic heterocycles. The monoisotopic (exact) mass is 614 g/mol. The molecule has 0 bridgehead atoms. The molecule has 0 spiro atoms. The van der Waals surface area contributed by atoms with Gasteiger partial charge in [-0.1, -0.05) is 158 Å². The molecular formula is C44H30N4. The number of hydrogen-bond acceptors (Lipinski definition) is 4. The molecule has 0 aliphatic carbocycles. The highest BCUT2D eigenvalue weighted by molar-refractivity contribution is 5.92. The average Bonchev–Trinajstić information content (AvgIpc) is 3.19. The Labute approximate surface area is 280 Å². The van der Waals surface area contributed by atoms with Crippen molar-refractivity contribution in [2.24, 2.45) is 0 Å². The highest BCUT2D eigenvalue weighted by atomic mass is 15.1. The fraction of sp³-hybridized carbons (Fsp3) is 0. The maximum Gasteiger partial charge on any atom is 0.0930 e. The molecule has 0 fully saturated rings. The van der Waals surface area contributed by atoms with Gasteiger partial charge in [-0.05, 0) is 57.6 Å². The van der Waals surface area contributed by atoms with E-state index in [1.54, 1.807) is 0 Å². The van der Waals surface area contributed by atoms with E-state index in [-0.39, 0.29) is 0 Å². The first-order chi connectivity index (χ1) is 23.8. The van der Waals surface area contributed by atoms with Crippen molar-refractivity contribution in [1.29, 1.82) is 0 Å². The first kappa shape index (κ1) is 28.9. The molecule has 8 rings (SSSR count). The Hall–Kier alpha value is -6.52. The quantitative estimate of drug-likeness (QED) is 0.179. The molecule has 0 aliphatic heterocycles. The van der Waals surface area contributed by atoms with E-state index < -0.39 is 0 Å². The maximum atomic E-state index is 4.52. The van der Waals surface area contributed by atoms with E-state index in [4.69, 9.17) is 0 Å². The third kappa shape index (κ3) is 5.91. The van der Waals surface area contributed by atoms with Crippen molar-refractivity contribution in [3.8, 4) is 78.4 Å². The number of aromatic nitrogens is 4. The zero-order valence-corrected chi connectivity index (χ0v) is 26.1. The van der Waals surface area contributed by atoms with Crippen LogP contribution in [-0.4, -0.2) is 20.4 Å². The minimum Gasteiger partial charge on any atom is -0.150 e. The molecule has 48 heavy (non-hydrogen) atoms. The predicted molar refractivity (Wildman–Crippen MR) is 196 cm³/mol. The SMILES string of the molecule is c1ccc(-c2ccc(-c3ccc(-c4ccccc4-c4ccccc4-c4ccc(-c5ccc(-c6ccccc6)nn5)cc4)cc3)nn2)cc1. The van der Waals surface area contributed by atoms with Crippen LogP contribution in [0.15, 0.2) is 182 Å². The molecule has 0 amide bonds. The minimum atomic E-state index is 0.849. The lowest BCUT2D eigenvalue weighted by atomic mass is 9.89. The molecule has 0 saturated heterocycles. The van der Waals surface area contributed by atoms with E-state index in [0.29, 0.717) is 0 Å². The number of nitrogens with zero attached hydrogens (tertiary/aromatic N) is 4. The molecule has 0 saturated carbocycles. The van der Waals surface area contributed by atoms with Crippen LogP contribution >= 0.6 is 0 Å². The second-order valence-electron chi connectivity index (χ2n) is 11.6. The molecule has 4 nitrogen and oxygen atoms in total. The van der Waals surface area contributed by atoms with Crippen LogP contribution in [0.4, 0.5) is 0 Å². The molecule has 2 heterocycles. The molecule has 0 aliphatic rings. The zero-order valence-electron chi connectivity index (χ0n) is 26.1. The van der Waals surface area contributed by atoms with E-state index in [9.17, 15) is 0 Å². The van der Waals surface area contributed by atoms with E-state index in [2.05, 4.69) is 117 Å². The highest BCUT2D eigenvalue weighted by Gasteiger charge is 2.13. The second-order valence-corrected chi connectivity index (χ2v) is 11.6. The largest absolute Gasteiger partial charge is 0.150 e. The van der Waals surface area contributed by atoms with Crippen molar-refractivity contribution in [3.05, 3.63) is 182 Å². The van der Waals surface area contributed by atoms with Crippen LogP contribution in [0.25, 0.3) is 78.4 Å². The molecular weight excluding hydrogens is 585 g/mol. The Bertz CT molecular complexity index is 2110. The van der Waals surface area contributed by atoms with Gasteiger partial charge < -0.3 is 0 Å². The topological polar surface area (TPSA) is 51.6 Å². The molecule has 8 aromatic rings. The summed E-state index contributed by atoms with van der Waals surface area (Å²) < 4.78 is 0. The summed E-state index contributed by atoms with van der Waals surface area (Å²) in [4.78, 5) is 0. The molecule has 4 heteroatoms. The zero-order chi connectivity index (χ0) is 32.1. The second kappa shape index (κ2) is 13.1. The molecule has 226 valence electrons. The first-order valence-corrected chi connectivity index (χ1v) is 16.0. The summed E-state index contributed by atoms with van der Waals surface area (Å²) in [5.74, 6) is 0. The van der Waals surface area contributed by atoms with Crippen molar-refractivity contribution >= 4 is 0 Å². The summed E-state index contributed by atoms with van der Waals surface area (Å²) in [5.41, 5.74) is 14.6. The van der Waals surface area contributed by atoms with Gasteiger partial charge in [-0.3, -0.25) is 0 Å². The summed E-state index contributed by atoms with van der Waals surface area (Å²) in [7, 11) is 0. The van der Waals surface area contributed by atoms with Gasteiger partial charge in [0.15, 0.2) is 0 Å². The van der Waals surface area contributed by atoms with E-state index in [1.807, 2.05) is 84.9 Å². The van der Waals surface area contributed by atoms with Gasteiger partial charge >= 0.3 is 0 Å². The van der Waals surface area contributed by atoms with Crippen LogP contribution in [0.5, 0.6) is 0 Å². The first-order valence-electron chi connectivity index (χ1n) is 16.0. The Kier molecular flexibility index (Phi) is 7.87. The van der Waals surface area contributed by atoms with E-state index in [0.717, 1.165) is 56.2 Å². The van der Waals surface area contributed by atoms with Gasteiger partial charge in [0.2, 0.25) is 0 Å². The fourth-order valence-electron chi connectivity index (χ4n) is 6.08. The van der Waals surface area contributed by atoms with Crippen LogP contribution in [0.3, 0.4) is 0 Å². The standard InChI is InChI=1S/C44H30N4/c1-3-11-33(12-4-1)41-27-29-43(47-45-41)35-23-19-31(20-24-35)37-15-7-9-17-39(37)40-18-10-8-16-38(40)32-21-25-36(26-22-32)44-30-28-42(46-48-44)34-13-5-2-6-14-34/h1-30H. The Morgan fingerprint density at radius 3 is 0.750 bits per heavy atom. The van der Waals surface area contributed by atoms with Gasteiger partial charge in [0.1, 0.15) is 0 Å². The van der Waals surface area contributed by atoms with Gasteiger partial charge in [-0.15, -0.1) is 20.4 Å². The van der Waals surface area contributed by atoms with Gasteiger partial charge in [0, 0.05) is 22.3 Å². The van der Waals surface area contributed by atoms with Crippen LogP contribution in [0.1, 0.15) is 0 Å². The molecule has 0 atom stereocenters. The average molecular weight is 615 g/mol.